The normalized spacial score (nSPS) is 12.7. The van der Waals surface area contributed by atoms with E-state index in [2.05, 4.69) is 20.3 Å². The molecule has 0 unspecified atom stereocenters. The van der Waals surface area contributed by atoms with E-state index in [-0.39, 0.29) is 5.91 Å². The number of ether oxygens (including phenoxy) is 2. The Hall–Kier alpha value is -3.35. The van der Waals surface area contributed by atoms with Crippen LogP contribution in [0.1, 0.15) is 12.6 Å². The predicted octanol–water partition coefficient (Wildman–Crippen LogP) is 3.18. The van der Waals surface area contributed by atoms with Gasteiger partial charge in [-0.2, -0.15) is 0 Å². The van der Waals surface area contributed by atoms with Gasteiger partial charge in [-0.1, -0.05) is 0 Å². The van der Waals surface area contributed by atoms with Crippen LogP contribution >= 0.6 is 0 Å². The third-order valence-electron chi connectivity index (χ3n) is 4.00. The topological polar surface area (TPSA) is 89.1 Å². The summed E-state index contributed by atoms with van der Waals surface area (Å²) in [6, 6.07) is 9.57. The number of hydrogen-bond acceptors (Lipinski definition) is 5. The van der Waals surface area contributed by atoms with E-state index in [1.54, 1.807) is 6.20 Å². The molecule has 0 radical (unpaired) electrons. The highest BCUT2D eigenvalue weighted by Crippen LogP contribution is 2.37. The molecule has 7 nitrogen and oxygen atoms in total. The van der Waals surface area contributed by atoms with Crippen molar-refractivity contribution in [3.05, 3.63) is 42.2 Å². The number of carbonyl (C=O) groups excluding carboxylic acids is 1. The van der Waals surface area contributed by atoms with Crippen molar-refractivity contribution in [2.45, 2.75) is 13.8 Å². The number of anilines is 1. The Balaban J connectivity index is 1.84. The van der Waals surface area contributed by atoms with Crippen LogP contribution in [0.15, 0.2) is 36.5 Å². The second kappa shape index (κ2) is 6.51. The Morgan fingerprint density at radius 3 is 2.69 bits per heavy atom. The second-order valence-corrected chi connectivity index (χ2v) is 6.03. The molecule has 1 aromatic carbocycles. The monoisotopic (exact) mass is 350 g/mol. The number of rotatable bonds is 3. The molecule has 0 spiro atoms. The number of hydrogen-bond donors (Lipinski definition) is 2. The van der Waals surface area contributed by atoms with Crippen LogP contribution in [0.25, 0.3) is 22.5 Å². The summed E-state index contributed by atoms with van der Waals surface area (Å²) in [7, 11) is 0. The van der Waals surface area contributed by atoms with Crippen molar-refractivity contribution in [2.24, 2.45) is 0 Å². The fourth-order valence-corrected chi connectivity index (χ4v) is 2.91. The van der Waals surface area contributed by atoms with Gasteiger partial charge in [0, 0.05) is 29.9 Å². The number of aryl methyl sites for hydroxylation is 1. The van der Waals surface area contributed by atoms with Gasteiger partial charge < -0.3 is 14.5 Å². The first kappa shape index (κ1) is 16.1. The zero-order valence-corrected chi connectivity index (χ0v) is 14.5. The predicted molar refractivity (Wildman–Crippen MR) is 97.3 cm³/mol. The average molecular weight is 350 g/mol. The van der Waals surface area contributed by atoms with Gasteiger partial charge in [0.15, 0.2) is 11.5 Å². The van der Waals surface area contributed by atoms with Crippen LogP contribution in [-0.4, -0.2) is 34.1 Å². The van der Waals surface area contributed by atoms with E-state index >= 15 is 0 Å². The number of H-pyrrole nitrogens is 1. The summed E-state index contributed by atoms with van der Waals surface area (Å²) < 4.78 is 11.3. The highest BCUT2D eigenvalue weighted by atomic mass is 16.6. The number of nitrogens with one attached hydrogen (secondary N) is 2. The lowest BCUT2D eigenvalue weighted by atomic mass is 10.0. The molecular weight excluding hydrogens is 332 g/mol. The number of fused-ring (bicyclic) bond motifs is 1. The van der Waals surface area contributed by atoms with Gasteiger partial charge in [-0.3, -0.25) is 15.1 Å². The molecule has 0 atom stereocenters. The van der Waals surface area contributed by atoms with Crippen molar-refractivity contribution in [3.63, 3.8) is 0 Å². The molecule has 0 saturated carbocycles. The first-order valence-electron chi connectivity index (χ1n) is 8.31. The Morgan fingerprint density at radius 1 is 1.12 bits per heavy atom. The number of aromatic nitrogens is 3. The zero-order chi connectivity index (χ0) is 18.1. The summed E-state index contributed by atoms with van der Waals surface area (Å²) in [5.74, 6) is 1.62. The molecule has 0 aliphatic carbocycles. The van der Waals surface area contributed by atoms with Gasteiger partial charge in [-0.05, 0) is 37.3 Å². The number of aromatic amines is 1. The maximum atomic E-state index is 11.4. The standard InChI is InChI=1S/C19H18N4O3/c1-11-9-14(5-6-20-11)18-17(22-19(23-18)21-12(2)24)13-3-4-15-16(10-13)26-8-7-25-15/h3-6,9-10H,7-8H2,1-2H3,(H2,21,22,23,24). The minimum Gasteiger partial charge on any atom is -0.486 e. The number of imidazole rings is 1. The molecule has 2 aromatic heterocycles. The highest BCUT2D eigenvalue weighted by Gasteiger charge is 2.18. The molecule has 1 aliphatic rings. The van der Waals surface area contributed by atoms with E-state index < -0.39 is 0 Å². The summed E-state index contributed by atoms with van der Waals surface area (Å²) >= 11 is 0. The summed E-state index contributed by atoms with van der Waals surface area (Å²) in [5.41, 5.74) is 4.22. The van der Waals surface area contributed by atoms with Crippen molar-refractivity contribution >= 4 is 11.9 Å². The molecule has 1 amide bonds. The van der Waals surface area contributed by atoms with Crippen molar-refractivity contribution in [3.8, 4) is 34.0 Å². The Morgan fingerprint density at radius 2 is 1.92 bits per heavy atom. The Kier molecular flexibility index (Phi) is 4.04. The number of nitrogens with zero attached hydrogens (tertiary/aromatic N) is 2. The SMILES string of the molecule is CC(=O)Nc1nc(-c2ccc3c(c2)OCCO3)c(-c2ccnc(C)c2)[nH]1. The molecule has 2 N–H and O–H groups in total. The van der Waals surface area contributed by atoms with Gasteiger partial charge in [-0.15, -0.1) is 0 Å². The van der Waals surface area contributed by atoms with Gasteiger partial charge >= 0.3 is 0 Å². The second-order valence-electron chi connectivity index (χ2n) is 6.03. The number of carbonyl (C=O) groups is 1. The molecule has 3 aromatic rings. The summed E-state index contributed by atoms with van der Waals surface area (Å²) in [6.45, 7) is 4.44. The van der Waals surface area contributed by atoms with E-state index in [0.717, 1.165) is 34.0 Å². The Labute approximate surface area is 150 Å². The molecule has 0 bridgehead atoms. The maximum absolute atomic E-state index is 11.4. The number of amides is 1. The van der Waals surface area contributed by atoms with Crippen LogP contribution in [0.4, 0.5) is 5.95 Å². The van der Waals surface area contributed by atoms with Crippen molar-refractivity contribution in [1.82, 2.24) is 15.0 Å². The fraction of sp³-hybridized carbons (Fsp3) is 0.211. The minimum atomic E-state index is -0.190. The molecular formula is C19H18N4O3. The quantitative estimate of drug-likeness (QED) is 0.757. The third-order valence-corrected chi connectivity index (χ3v) is 4.00. The van der Waals surface area contributed by atoms with E-state index in [1.165, 1.54) is 6.92 Å². The van der Waals surface area contributed by atoms with E-state index in [0.29, 0.717) is 24.9 Å². The van der Waals surface area contributed by atoms with Crippen molar-refractivity contribution in [1.29, 1.82) is 0 Å². The van der Waals surface area contributed by atoms with Gasteiger partial charge in [0.2, 0.25) is 11.9 Å². The molecule has 26 heavy (non-hydrogen) atoms. The van der Waals surface area contributed by atoms with Crippen molar-refractivity contribution < 1.29 is 14.3 Å². The smallest absolute Gasteiger partial charge is 0.223 e. The van der Waals surface area contributed by atoms with Crippen LogP contribution < -0.4 is 14.8 Å². The third kappa shape index (κ3) is 3.11. The fourth-order valence-electron chi connectivity index (χ4n) is 2.91. The molecule has 0 saturated heterocycles. The number of benzene rings is 1. The lowest BCUT2D eigenvalue weighted by Crippen LogP contribution is -2.15. The van der Waals surface area contributed by atoms with E-state index in [9.17, 15) is 4.79 Å². The molecule has 132 valence electrons. The largest absolute Gasteiger partial charge is 0.486 e. The van der Waals surface area contributed by atoms with Crippen molar-refractivity contribution in [2.75, 3.05) is 18.5 Å². The number of pyridine rings is 1. The summed E-state index contributed by atoms with van der Waals surface area (Å²) in [4.78, 5) is 23.4. The van der Waals surface area contributed by atoms with Gasteiger partial charge in [0.05, 0.1) is 11.4 Å². The lowest BCUT2D eigenvalue weighted by Gasteiger charge is -2.18. The van der Waals surface area contributed by atoms with Gasteiger partial charge in [-0.25, -0.2) is 4.98 Å². The van der Waals surface area contributed by atoms with Crippen LogP contribution in [0.2, 0.25) is 0 Å². The molecule has 4 rings (SSSR count). The Bertz CT molecular complexity index is 981. The maximum Gasteiger partial charge on any atom is 0.223 e. The highest BCUT2D eigenvalue weighted by molar-refractivity contribution is 5.89. The molecule has 7 heteroatoms. The summed E-state index contributed by atoms with van der Waals surface area (Å²) in [6.07, 6.45) is 1.75. The lowest BCUT2D eigenvalue weighted by molar-refractivity contribution is -0.114. The van der Waals surface area contributed by atoms with E-state index in [4.69, 9.17) is 9.47 Å². The summed E-state index contributed by atoms with van der Waals surface area (Å²) in [5, 5.41) is 2.70. The minimum absolute atomic E-state index is 0.190. The average Bonchev–Trinajstić information content (AvgIpc) is 3.04. The van der Waals surface area contributed by atoms with Crippen LogP contribution in [0, 0.1) is 6.92 Å². The molecule has 3 heterocycles. The van der Waals surface area contributed by atoms with Crippen LogP contribution in [0.5, 0.6) is 11.5 Å². The molecule has 1 aliphatic heterocycles. The van der Waals surface area contributed by atoms with E-state index in [1.807, 2.05) is 37.3 Å². The van der Waals surface area contributed by atoms with Gasteiger partial charge in [0.25, 0.3) is 0 Å². The first-order chi connectivity index (χ1) is 12.6. The zero-order valence-electron chi connectivity index (χ0n) is 14.5. The molecule has 0 fully saturated rings. The van der Waals surface area contributed by atoms with Gasteiger partial charge in [0.1, 0.15) is 13.2 Å². The van der Waals surface area contributed by atoms with Crippen LogP contribution in [-0.2, 0) is 4.79 Å². The van der Waals surface area contributed by atoms with Crippen LogP contribution in [0.3, 0.4) is 0 Å². The first-order valence-corrected chi connectivity index (χ1v) is 8.31.